The Balaban J connectivity index is 3.32. The average Bonchev–Trinajstić information content (AvgIpc) is 2.34. The molecular weight excluding hydrogens is 345 g/mol. The van der Waals surface area contributed by atoms with Crippen LogP contribution in [0, 0.1) is 0 Å². The lowest BCUT2D eigenvalue weighted by Gasteiger charge is -2.04. The number of nitrogens with zero attached hydrogens (tertiary/aromatic N) is 3. The van der Waals surface area contributed by atoms with Gasteiger partial charge in [0.15, 0.2) is 0 Å². The van der Waals surface area contributed by atoms with Gasteiger partial charge in [-0.3, -0.25) is 0 Å². The third kappa shape index (κ3) is 3.65. The second kappa shape index (κ2) is 6.66. The molecule has 0 bridgehead atoms. The highest BCUT2D eigenvalue weighted by Crippen LogP contribution is 2.30. The summed E-state index contributed by atoms with van der Waals surface area (Å²) in [5, 5.41) is 3.93. The first kappa shape index (κ1) is 14.9. The van der Waals surface area contributed by atoms with Crippen LogP contribution < -0.4 is 0 Å². The Labute approximate surface area is 121 Å². The van der Waals surface area contributed by atoms with Crippen molar-refractivity contribution in [1.82, 2.24) is 0 Å². The van der Waals surface area contributed by atoms with Gasteiger partial charge in [0.1, 0.15) is 5.70 Å². The van der Waals surface area contributed by atoms with E-state index >= 15 is 0 Å². The van der Waals surface area contributed by atoms with Gasteiger partial charge in [-0.1, -0.05) is 44.2 Å². The van der Waals surface area contributed by atoms with Gasteiger partial charge in [-0.2, -0.15) is 0 Å². The monoisotopic (exact) mass is 349 g/mol. The van der Waals surface area contributed by atoms with Crippen LogP contribution in [0.3, 0.4) is 0 Å². The fourth-order valence-corrected chi connectivity index (χ4v) is 2.00. The molecule has 5 nitrogen and oxygen atoms in total. The number of halogens is 3. The van der Waals surface area contributed by atoms with E-state index in [2.05, 4.69) is 30.7 Å². The highest BCUT2D eigenvalue weighted by molar-refractivity contribution is 9.10. The fraction of sp³-hybridized carbons (Fsp3) is 0.100. The van der Waals surface area contributed by atoms with Gasteiger partial charge in [-0.25, -0.2) is 4.79 Å². The average molecular weight is 351 g/mol. The van der Waals surface area contributed by atoms with Crippen molar-refractivity contribution in [3.8, 4) is 0 Å². The molecule has 1 aromatic carbocycles. The molecule has 94 valence electrons. The smallest absolute Gasteiger partial charge is 0.340 e. The van der Waals surface area contributed by atoms with Crippen LogP contribution >= 0.6 is 39.1 Å². The predicted molar refractivity (Wildman–Crippen MR) is 73.3 cm³/mol. The minimum atomic E-state index is -0.745. The Morgan fingerprint density at radius 3 is 2.67 bits per heavy atom. The molecule has 0 amide bonds. The molecule has 1 aromatic rings. The molecule has 0 unspecified atom stereocenters. The second-order valence-corrected chi connectivity index (χ2v) is 4.67. The van der Waals surface area contributed by atoms with Crippen molar-refractivity contribution < 1.29 is 9.53 Å². The summed E-state index contributed by atoms with van der Waals surface area (Å²) in [6.45, 7) is 0. The number of rotatable bonds is 3. The summed E-state index contributed by atoms with van der Waals surface area (Å²) in [5.41, 5.74) is 8.74. The van der Waals surface area contributed by atoms with Crippen molar-refractivity contribution >= 4 is 51.2 Å². The van der Waals surface area contributed by atoms with E-state index < -0.39 is 5.97 Å². The summed E-state index contributed by atoms with van der Waals surface area (Å²) in [7, 11) is 1.19. The van der Waals surface area contributed by atoms with Gasteiger partial charge in [0.05, 0.1) is 17.2 Å². The van der Waals surface area contributed by atoms with Crippen LogP contribution in [-0.2, 0) is 9.53 Å². The Bertz CT molecular complexity index is 568. The molecule has 0 saturated heterocycles. The molecule has 0 fully saturated rings. The van der Waals surface area contributed by atoms with Crippen molar-refractivity contribution in [2.75, 3.05) is 7.11 Å². The van der Waals surface area contributed by atoms with E-state index in [4.69, 9.17) is 28.7 Å². The van der Waals surface area contributed by atoms with Crippen LogP contribution in [0.15, 0.2) is 27.4 Å². The van der Waals surface area contributed by atoms with Gasteiger partial charge in [0.25, 0.3) is 0 Å². The topological polar surface area (TPSA) is 75.1 Å². The van der Waals surface area contributed by atoms with Crippen molar-refractivity contribution in [3.05, 3.63) is 48.4 Å². The zero-order valence-electron chi connectivity index (χ0n) is 9.02. The molecule has 0 aliphatic rings. The quantitative estimate of drug-likeness (QED) is 0.200. The lowest BCUT2D eigenvalue weighted by molar-refractivity contribution is -0.136. The van der Waals surface area contributed by atoms with Gasteiger partial charge in [0, 0.05) is 9.38 Å². The highest BCUT2D eigenvalue weighted by atomic mass is 79.9. The molecule has 0 saturated carbocycles. The molecule has 18 heavy (non-hydrogen) atoms. The first-order valence-corrected chi connectivity index (χ1v) is 6.04. The fourth-order valence-electron chi connectivity index (χ4n) is 1.08. The van der Waals surface area contributed by atoms with E-state index in [1.54, 1.807) is 6.07 Å². The molecule has 0 aliphatic heterocycles. The van der Waals surface area contributed by atoms with E-state index in [-0.39, 0.29) is 5.70 Å². The number of hydrogen-bond donors (Lipinski definition) is 0. The summed E-state index contributed by atoms with van der Waals surface area (Å²) in [6.07, 6.45) is 1.35. The van der Waals surface area contributed by atoms with E-state index in [0.717, 1.165) is 0 Å². The van der Waals surface area contributed by atoms with E-state index in [1.807, 2.05) is 0 Å². The van der Waals surface area contributed by atoms with Gasteiger partial charge in [0.2, 0.25) is 0 Å². The first-order valence-electron chi connectivity index (χ1n) is 4.49. The largest absolute Gasteiger partial charge is 0.466 e. The Kier molecular flexibility index (Phi) is 5.50. The summed E-state index contributed by atoms with van der Waals surface area (Å²) >= 11 is 14.9. The summed E-state index contributed by atoms with van der Waals surface area (Å²) in [5.74, 6) is -0.745. The number of azide groups is 1. The molecule has 0 aliphatic carbocycles. The van der Waals surface area contributed by atoms with E-state index in [1.165, 1.54) is 19.3 Å². The number of esters is 1. The molecule has 0 atom stereocenters. The third-order valence-electron chi connectivity index (χ3n) is 1.88. The van der Waals surface area contributed by atoms with Crippen LogP contribution in [0.25, 0.3) is 16.5 Å². The maximum Gasteiger partial charge on any atom is 0.340 e. The van der Waals surface area contributed by atoms with Crippen LogP contribution in [0.1, 0.15) is 5.56 Å². The van der Waals surface area contributed by atoms with Crippen molar-refractivity contribution in [2.24, 2.45) is 5.11 Å². The maximum atomic E-state index is 11.3. The van der Waals surface area contributed by atoms with Gasteiger partial charge in [-0.05, 0) is 29.3 Å². The number of methoxy groups -OCH3 is 1. The SMILES string of the molecule is COC(=O)/C(=C/c1cc(Cl)c(Cl)cc1Br)N=[N+]=[N-]. The van der Waals surface area contributed by atoms with Crippen LogP contribution in [0.5, 0.6) is 0 Å². The van der Waals surface area contributed by atoms with Crippen molar-refractivity contribution in [2.45, 2.75) is 0 Å². The normalized spacial score (nSPS) is 10.8. The van der Waals surface area contributed by atoms with Crippen molar-refractivity contribution in [1.29, 1.82) is 0 Å². The molecule has 8 heteroatoms. The van der Waals surface area contributed by atoms with Crippen LogP contribution in [0.2, 0.25) is 10.0 Å². The molecule has 0 N–H and O–H groups in total. The standard InChI is InChI=1S/C10H6BrCl2N3O2/c1-18-10(17)9(15-16-14)3-5-2-7(12)8(13)4-6(5)11/h2-4H,1H3/b9-3-. The zero-order chi connectivity index (χ0) is 13.7. The third-order valence-corrected chi connectivity index (χ3v) is 3.29. The van der Waals surface area contributed by atoms with Gasteiger partial charge >= 0.3 is 5.97 Å². The molecule has 0 radical (unpaired) electrons. The van der Waals surface area contributed by atoms with Crippen LogP contribution in [-0.4, -0.2) is 13.1 Å². The van der Waals surface area contributed by atoms with Gasteiger partial charge < -0.3 is 4.74 Å². The van der Waals surface area contributed by atoms with Crippen molar-refractivity contribution in [3.63, 3.8) is 0 Å². The molecule has 0 aromatic heterocycles. The Morgan fingerprint density at radius 1 is 1.50 bits per heavy atom. The second-order valence-electron chi connectivity index (χ2n) is 3.00. The summed E-state index contributed by atoms with van der Waals surface area (Å²) < 4.78 is 5.09. The van der Waals surface area contributed by atoms with E-state index in [0.29, 0.717) is 20.1 Å². The molecule has 0 spiro atoms. The number of hydrogen-bond acceptors (Lipinski definition) is 3. The minimum absolute atomic E-state index is 0.181. The lowest BCUT2D eigenvalue weighted by atomic mass is 10.2. The van der Waals surface area contributed by atoms with Gasteiger partial charge in [-0.15, -0.1) is 0 Å². The highest BCUT2D eigenvalue weighted by Gasteiger charge is 2.10. The predicted octanol–water partition coefficient (Wildman–Crippen LogP) is 4.58. The minimum Gasteiger partial charge on any atom is -0.466 e. The Hall–Kier alpha value is -1.20. The summed E-state index contributed by atoms with van der Waals surface area (Å²) in [6, 6.07) is 3.10. The Morgan fingerprint density at radius 2 is 2.11 bits per heavy atom. The van der Waals surface area contributed by atoms with Crippen LogP contribution in [0.4, 0.5) is 0 Å². The first-order chi connectivity index (χ1) is 8.49. The molecule has 1 rings (SSSR count). The van der Waals surface area contributed by atoms with E-state index in [9.17, 15) is 4.79 Å². The number of carbonyl (C=O) groups excluding carboxylic acids is 1. The molecule has 0 heterocycles. The number of ether oxygens (including phenoxy) is 1. The molecular formula is C10H6BrCl2N3O2. The summed E-state index contributed by atoms with van der Waals surface area (Å²) in [4.78, 5) is 13.9. The number of benzene rings is 1. The number of carbonyl (C=O) groups is 1. The maximum absolute atomic E-state index is 11.3. The zero-order valence-corrected chi connectivity index (χ0v) is 12.1. The lowest BCUT2D eigenvalue weighted by Crippen LogP contribution is -2.02.